The van der Waals surface area contributed by atoms with Crippen LogP contribution in [0.2, 0.25) is 0 Å². The normalized spacial score (nSPS) is 28.9. The van der Waals surface area contributed by atoms with Crippen LogP contribution in [-0.4, -0.2) is 48.7 Å². The van der Waals surface area contributed by atoms with Gasteiger partial charge in [-0.15, -0.1) is 0 Å². The molecule has 1 fully saturated rings. The Kier molecular flexibility index (Phi) is 5.40. The quantitative estimate of drug-likeness (QED) is 0.779. The van der Waals surface area contributed by atoms with E-state index in [-0.39, 0.29) is 22.8 Å². The van der Waals surface area contributed by atoms with Crippen molar-refractivity contribution >= 4 is 20.6 Å². The summed E-state index contributed by atoms with van der Waals surface area (Å²) in [5.41, 5.74) is 0. The minimum absolute atomic E-state index is 0.0343. The van der Waals surface area contributed by atoms with Crippen molar-refractivity contribution < 1.29 is 12.6 Å². The first-order valence-corrected chi connectivity index (χ1v) is 9.10. The predicted molar refractivity (Wildman–Crippen MR) is 67.8 cm³/mol. The van der Waals surface area contributed by atoms with E-state index in [0.29, 0.717) is 0 Å². The van der Waals surface area contributed by atoms with Gasteiger partial charge in [-0.2, -0.15) is 0 Å². The van der Waals surface area contributed by atoms with Crippen molar-refractivity contribution in [2.24, 2.45) is 0 Å². The summed E-state index contributed by atoms with van der Waals surface area (Å²) in [6.45, 7) is 0. The molecule has 0 aromatic rings. The second kappa shape index (κ2) is 6.12. The predicted octanol–water partition coefficient (Wildman–Crippen LogP) is 0.310. The number of hydrogen-bond donors (Lipinski definition) is 1. The van der Waals surface area contributed by atoms with Gasteiger partial charge in [0.25, 0.3) is 0 Å². The van der Waals surface area contributed by atoms with Gasteiger partial charge in [0.15, 0.2) is 0 Å². The fourth-order valence-electron chi connectivity index (χ4n) is 2.13. The number of hydrogen-bond acceptors (Lipinski definition) is 4. The molecular weight excluding hydrogens is 246 g/mol. The van der Waals surface area contributed by atoms with Crippen LogP contribution in [0.1, 0.15) is 25.7 Å². The highest BCUT2D eigenvalue weighted by Crippen LogP contribution is 2.22. The van der Waals surface area contributed by atoms with Crippen LogP contribution in [0.3, 0.4) is 0 Å². The standard InChI is InChI=1S/C10H21NO3S2/c1-11-9-5-3-4-6-10(9)15(12)7-8-16(2,13)14/h9-11H,3-8H2,1-2H3. The minimum Gasteiger partial charge on any atom is -0.316 e. The van der Waals surface area contributed by atoms with Crippen LogP contribution in [0, 0.1) is 0 Å². The molecule has 3 unspecified atom stereocenters. The van der Waals surface area contributed by atoms with Crippen molar-refractivity contribution in [1.82, 2.24) is 5.32 Å². The molecule has 0 saturated heterocycles. The number of rotatable bonds is 5. The molecule has 0 aromatic carbocycles. The second-order valence-electron chi connectivity index (χ2n) is 4.43. The highest BCUT2D eigenvalue weighted by Gasteiger charge is 2.28. The van der Waals surface area contributed by atoms with Gasteiger partial charge in [-0.1, -0.05) is 12.8 Å². The van der Waals surface area contributed by atoms with Crippen molar-refractivity contribution in [3.05, 3.63) is 0 Å². The highest BCUT2D eigenvalue weighted by atomic mass is 32.2. The molecule has 0 radical (unpaired) electrons. The molecule has 1 aliphatic rings. The van der Waals surface area contributed by atoms with Gasteiger partial charge in [-0.3, -0.25) is 4.21 Å². The van der Waals surface area contributed by atoms with E-state index < -0.39 is 20.6 Å². The largest absolute Gasteiger partial charge is 0.316 e. The summed E-state index contributed by atoms with van der Waals surface area (Å²) in [5.74, 6) is 0.314. The molecule has 0 aromatic heterocycles. The number of sulfone groups is 1. The molecule has 96 valence electrons. The van der Waals surface area contributed by atoms with Crippen LogP contribution >= 0.6 is 0 Å². The topological polar surface area (TPSA) is 63.2 Å². The van der Waals surface area contributed by atoms with Crippen LogP contribution in [0.4, 0.5) is 0 Å². The molecule has 0 spiro atoms. The van der Waals surface area contributed by atoms with Gasteiger partial charge in [0.1, 0.15) is 9.84 Å². The Labute approximate surface area is 101 Å². The lowest BCUT2D eigenvalue weighted by Gasteiger charge is -2.30. The molecule has 16 heavy (non-hydrogen) atoms. The highest BCUT2D eigenvalue weighted by molar-refractivity contribution is 7.92. The van der Waals surface area contributed by atoms with Gasteiger partial charge >= 0.3 is 0 Å². The third kappa shape index (κ3) is 4.51. The Morgan fingerprint density at radius 2 is 1.94 bits per heavy atom. The van der Waals surface area contributed by atoms with E-state index in [0.717, 1.165) is 19.3 Å². The summed E-state index contributed by atoms with van der Waals surface area (Å²) >= 11 is 0. The molecule has 4 nitrogen and oxygen atoms in total. The monoisotopic (exact) mass is 267 g/mol. The lowest BCUT2D eigenvalue weighted by atomic mass is 9.95. The van der Waals surface area contributed by atoms with Crippen molar-refractivity contribution in [3.63, 3.8) is 0 Å². The van der Waals surface area contributed by atoms with Crippen LogP contribution in [-0.2, 0) is 20.6 Å². The Balaban J connectivity index is 2.51. The lowest BCUT2D eigenvalue weighted by Crippen LogP contribution is -2.43. The fraction of sp³-hybridized carbons (Fsp3) is 1.00. The Bertz CT molecular complexity index is 340. The van der Waals surface area contributed by atoms with E-state index >= 15 is 0 Å². The average molecular weight is 267 g/mol. The van der Waals surface area contributed by atoms with Crippen LogP contribution in [0.5, 0.6) is 0 Å². The summed E-state index contributed by atoms with van der Waals surface area (Å²) in [7, 11) is -2.13. The van der Waals surface area contributed by atoms with Gasteiger partial charge in [0.05, 0.1) is 11.0 Å². The lowest BCUT2D eigenvalue weighted by molar-refractivity contribution is 0.399. The van der Waals surface area contributed by atoms with Crippen molar-refractivity contribution in [2.45, 2.75) is 37.0 Å². The van der Waals surface area contributed by atoms with E-state index in [1.54, 1.807) is 0 Å². The molecule has 0 bridgehead atoms. The van der Waals surface area contributed by atoms with Gasteiger partial charge in [0, 0.05) is 28.9 Å². The fourth-order valence-corrected chi connectivity index (χ4v) is 5.37. The van der Waals surface area contributed by atoms with E-state index in [2.05, 4.69) is 5.32 Å². The Morgan fingerprint density at radius 1 is 1.31 bits per heavy atom. The maximum atomic E-state index is 12.0. The molecule has 1 rings (SSSR count). The van der Waals surface area contributed by atoms with E-state index in [1.807, 2.05) is 7.05 Å². The van der Waals surface area contributed by atoms with Crippen LogP contribution in [0.25, 0.3) is 0 Å². The third-order valence-electron chi connectivity index (χ3n) is 3.07. The van der Waals surface area contributed by atoms with Gasteiger partial charge in [0.2, 0.25) is 0 Å². The number of nitrogens with one attached hydrogen (secondary N) is 1. The summed E-state index contributed by atoms with van der Waals surface area (Å²) in [6, 6.07) is 0.286. The Morgan fingerprint density at radius 3 is 2.50 bits per heavy atom. The summed E-state index contributed by atoms with van der Waals surface area (Å²) in [5, 5.41) is 3.32. The van der Waals surface area contributed by atoms with E-state index in [4.69, 9.17) is 0 Å². The zero-order chi connectivity index (χ0) is 12.2. The average Bonchev–Trinajstić information content (AvgIpc) is 2.25. The minimum atomic E-state index is -3.00. The van der Waals surface area contributed by atoms with Crippen LogP contribution in [0.15, 0.2) is 0 Å². The first kappa shape index (κ1) is 14.1. The maximum absolute atomic E-state index is 12.0. The van der Waals surface area contributed by atoms with Gasteiger partial charge in [-0.25, -0.2) is 8.42 Å². The first-order chi connectivity index (χ1) is 7.44. The molecule has 6 heteroatoms. The first-order valence-electron chi connectivity index (χ1n) is 5.66. The molecular formula is C10H21NO3S2. The maximum Gasteiger partial charge on any atom is 0.148 e. The van der Waals surface area contributed by atoms with Crippen molar-refractivity contribution in [2.75, 3.05) is 24.8 Å². The molecule has 1 saturated carbocycles. The molecule has 0 amide bonds. The summed E-state index contributed by atoms with van der Waals surface area (Å²) < 4.78 is 34.1. The summed E-state index contributed by atoms with van der Waals surface area (Å²) in [6.07, 6.45) is 5.47. The molecule has 3 atom stereocenters. The summed E-state index contributed by atoms with van der Waals surface area (Å²) in [4.78, 5) is 0. The van der Waals surface area contributed by atoms with Gasteiger partial charge in [-0.05, 0) is 19.9 Å². The van der Waals surface area contributed by atoms with Crippen molar-refractivity contribution in [3.8, 4) is 0 Å². The van der Waals surface area contributed by atoms with Gasteiger partial charge < -0.3 is 5.32 Å². The smallest absolute Gasteiger partial charge is 0.148 e. The molecule has 0 heterocycles. The molecule has 0 aliphatic heterocycles. The molecule has 1 N–H and O–H groups in total. The Hall–Kier alpha value is 0.0600. The molecule has 1 aliphatic carbocycles. The van der Waals surface area contributed by atoms with Crippen LogP contribution < -0.4 is 5.32 Å². The third-order valence-corrected chi connectivity index (χ3v) is 6.12. The van der Waals surface area contributed by atoms with E-state index in [1.165, 1.54) is 12.7 Å². The van der Waals surface area contributed by atoms with E-state index in [9.17, 15) is 12.6 Å². The zero-order valence-electron chi connectivity index (χ0n) is 9.94. The SMILES string of the molecule is CNC1CCCCC1S(=O)CCS(C)(=O)=O. The zero-order valence-corrected chi connectivity index (χ0v) is 11.6. The second-order valence-corrected chi connectivity index (χ2v) is 8.47. The van der Waals surface area contributed by atoms with Crippen molar-refractivity contribution in [1.29, 1.82) is 0 Å².